The van der Waals surface area contributed by atoms with Gasteiger partial charge in [0.25, 0.3) is 0 Å². The van der Waals surface area contributed by atoms with Crippen molar-refractivity contribution in [1.82, 2.24) is 0 Å². The Morgan fingerprint density at radius 3 is 2.00 bits per heavy atom. The second-order valence-corrected chi connectivity index (χ2v) is 7.62. The van der Waals surface area contributed by atoms with Gasteiger partial charge in [0, 0.05) is 5.56 Å². The number of carbonyl (C=O) groups excluding carboxylic acids is 1. The molecule has 3 rings (SSSR count). The average Bonchev–Trinajstić information content (AvgIpc) is 3.06. The Balaban J connectivity index is 1.95. The van der Waals surface area contributed by atoms with Crippen molar-refractivity contribution in [3.8, 4) is 17.2 Å². The van der Waals surface area contributed by atoms with Crippen LogP contribution < -0.4 is 14.2 Å². The number of cyclic esters (lactones) is 1. The molecule has 0 aromatic heterocycles. The van der Waals surface area contributed by atoms with Crippen LogP contribution in [0.4, 0.5) is 0 Å². The highest BCUT2D eigenvalue weighted by molar-refractivity contribution is 6.12. The third kappa shape index (κ3) is 4.26. The van der Waals surface area contributed by atoms with Crippen LogP contribution in [0.1, 0.15) is 37.5 Å². The monoisotopic (exact) mass is 395 g/mol. The first-order chi connectivity index (χ1) is 13.8. The molecule has 2 aromatic carbocycles. The lowest BCUT2D eigenvalue weighted by molar-refractivity contribution is -0.129. The molecule has 0 saturated carbocycles. The minimum atomic E-state index is -0.506. The van der Waals surface area contributed by atoms with E-state index < -0.39 is 5.97 Å². The van der Waals surface area contributed by atoms with Gasteiger partial charge in [-0.2, -0.15) is 0 Å². The maximum absolute atomic E-state index is 12.3. The van der Waals surface area contributed by atoms with Gasteiger partial charge >= 0.3 is 5.97 Å². The number of aliphatic imine (C=N–C) groups is 1. The zero-order chi connectivity index (χ0) is 21.2. The first-order valence-corrected chi connectivity index (χ1v) is 9.20. The number of hydrogen-bond acceptors (Lipinski definition) is 6. The van der Waals surface area contributed by atoms with Gasteiger partial charge in [-0.3, -0.25) is 0 Å². The van der Waals surface area contributed by atoms with Crippen LogP contribution in [0.5, 0.6) is 17.2 Å². The minimum Gasteiger partial charge on any atom is -0.493 e. The van der Waals surface area contributed by atoms with E-state index in [-0.39, 0.29) is 17.0 Å². The molecule has 1 aliphatic heterocycles. The number of carbonyl (C=O) groups is 1. The van der Waals surface area contributed by atoms with E-state index in [0.29, 0.717) is 22.8 Å². The second kappa shape index (κ2) is 7.99. The molecule has 29 heavy (non-hydrogen) atoms. The van der Waals surface area contributed by atoms with Crippen molar-refractivity contribution in [3.05, 3.63) is 58.8 Å². The summed E-state index contributed by atoms with van der Waals surface area (Å²) in [5.41, 5.74) is 2.87. The van der Waals surface area contributed by atoms with Crippen molar-refractivity contribution in [3.63, 3.8) is 0 Å². The van der Waals surface area contributed by atoms with Crippen molar-refractivity contribution in [2.75, 3.05) is 21.3 Å². The molecule has 0 bridgehead atoms. The van der Waals surface area contributed by atoms with Crippen molar-refractivity contribution in [1.29, 1.82) is 0 Å². The molecule has 1 heterocycles. The minimum absolute atomic E-state index is 0.0459. The summed E-state index contributed by atoms with van der Waals surface area (Å²) >= 11 is 0. The summed E-state index contributed by atoms with van der Waals surface area (Å²) in [4.78, 5) is 16.7. The Morgan fingerprint density at radius 2 is 1.52 bits per heavy atom. The normalized spacial score (nSPS) is 15.2. The standard InChI is InChI=1S/C23H25NO5/c1-23(2,3)16-9-7-15(8-10-16)21-24-17(22(25)29-21)11-14-12-18(26-4)20(28-6)19(13-14)27-5/h7-13H,1-6H3/b17-11+. The Morgan fingerprint density at radius 1 is 0.931 bits per heavy atom. The van der Waals surface area contributed by atoms with E-state index >= 15 is 0 Å². The van der Waals surface area contributed by atoms with Crippen LogP contribution in [0.3, 0.4) is 0 Å². The molecule has 6 heteroatoms. The predicted octanol–water partition coefficient (Wildman–Crippen LogP) is 4.35. The Bertz CT molecular complexity index is 956. The van der Waals surface area contributed by atoms with E-state index in [9.17, 15) is 4.79 Å². The van der Waals surface area contributed by atoms with E-state index in [1.165, 1.54) is 26.9 Å². The fourth-order valence-corrected chi connectivity index (χ4v) is 2.99. The van der Waals surface area contributed by atoms with Crippen LogP contribution >= 0.6 is 0 Å². The van der Waals surface area contributed by atoms with Crippen molar-refractivity contribution in [2.24, 2.45) is 4.99 Å². The number of rotatable bonds is 5. The van der Waals surface area contributed by atoms with Gasteiger partial charge < -0.3 is 18.9 Å². The van der Waals surface area contributed by atoms with Crippen LogP contribution in [-0.2, 0) is 14.9 Å². The number of nitrogens with zero attached hydrogens (tertiary/aromatic N) is 1. The van der Waals surface area contributed by atoms with E-state index in [0.717, 1.165) is 5.56 Å². The highest BCUT2D eigenvalue weighted by atomic mass is 16.6. The van der Waals surface area contributed by atoms with E-state index in [2.05, 4.69) is 25.8 Å². The van der Waals surface area contributed by atoms with Crippen LogP contribution in [0.25, 0.3) is 6.08 Å². The molecule has 1 aliphatic rings. The fourth-order valence-electron chi connectivity index (χ4n) is 2.99. The number of hydrogen-bond donors (Lipinski definition) is 0. The smallest absolute Gasteiger partial charge is 0.363 e. The van der Waals surface area contributed by atoms with Gasteiger partial charge in [-0.1, -0.05) is 32.9 Å². The van der Waals surface area contributed by atoms with Gasteiger partial charge in [-0.05, 0) is 46.9 Å². The summed E-state index contributed by atoms with van der Waals surface area (Å²) in [6.45, 7) is 6.44. The molecule has 6 nitrogen and oxygen atoms in total. The van der Waals surface area contributed by atoms with Gasteiger partial charge in [-0.15, -0.1) is 0 Å². The highest BCUT2D eigenvalue weighted by Crippen LogP contribution is 2.39. The van der Waals surface area contributed by atoms with Crippen LogP contribution in [0.15, 0.2) is 47.1 Å². The first kappa shape index (κ1) is 20.5. The number of benzene rings is 2. The fraction of sp³-hybridized carbons (Fsp3) is 0.304. The molecule has 0 amide bonds. The summed E-state index contributed by atoms with van der Waals surface area (Å²) in [5.74, 6) is 1.25. The maximum Gasteiger partial charge on any atom is 0.363 e. The lowest BCUT2D eigenvalue weighted by Gasteiger charge is -2.18. The first-order valence-electron chi connectivity index (χ1n) is 9.20. The molecule has 0 aliphatic carbocycles. The largest absolute Gasteiger partial charge is 0.493 e. The lowest BCUT2D eigenvalue weighted by atomic mass is 9.87. The van der Waals surface area contributed by atoms with Gasteiger partial charge in [0.05, 0.1) is 21.3 Å². The summed E-state index contributed by atoms with van der Waals surface area (Å²) in [7, 11) is 4.61. The quantitative estimate of drug-likeness (QED) is 0.556. The molecular formula is C23H25NO5. The Hall–Kier alpha value is -3.28. The number of methoxy groups -OCH3 is 3. The van der Waals surface area contributed by atoms with E-state index in [1.807, 2.05) is 24.3 Å². The Kier molecular flexibility index (Phi) is 5.64. The molecule has 0 N–H and O–H groups in total. The van der Waals surface area contributed by atoms with Crippen molar-refractivity contribution in [2.45, 2.75) is 26.2 Å². The number of ether oxygens (including phenoxy) is 4. The molecule has 0 saturated heterocycles. The van der Waals surface area contributed by atoms with Gasteiger partial charge in [-0.25, -0.2) is 9.79 Å². The molecule has 0 unspecified atom stereocenters. The van der Waals surface area contributed by atoms with E-state index in [4.69, 9.17) is 18.9 Å². The molecular weight excluding hydrogens is 370 g/mol. The summed E-state index contributed by atoms with van der Waals surface area (Å²) in [6.07, 6.45) is 1.63. The zero-order valence-corrected chi connectivity index (χ0v) is 17.5. The summed E-state index contributed by atoms with van der Waals surface area (Å²) < 4.78 is 21.4. The second-order valence-electron chi connectivity index (χ2n) is 7.62. The predicted molar refractivity (Wildman–Crippen MR) is 112 cm³/mol. The average molecular weight is 395 g/mol. The van der Waals surface area contributed by atoms with Crippen LogP contribution in [-0.4, -0.2) is 33.2 Å². The SMILES string of the molecule is COc1cc(/C=C2/N=C(c3ccc(C(C)(C)C)cc3)OC2=O)cc(OC)c1OC. The molecule has 0 atom stereocenters. The summed E-state index contributed by atoms with van der Waals surface area (Å²) in [6, 6.07) is 11.4. The van der Waals surface area contributed by atoms with Crippen LogP contribution in [0, 0.1) is 0 Å². The third-order valence-corrected chi connectivity index (χ3v) is 4.61. The molecule has 152 valence electrons. The van der Waals surface area contributed by atoms with Gasteiger partial charge in [0.15, 0.2) is 17.2 Å². The summed E-state index contributed by atoms with van der Waals surface area (Å²) in [5, 5.41) is 0. The lowest BCUT2D eigenvalue weighted by Crippen LogP contribution is -2.11. The van der Waals surface area contributed by atoms with Crippen LogP contribution in [0.2, 0.25) is 0 Å². The topological polar surface area (TPSA) is 66.4 Å². The van der Waals surface area contributed by atoms with Crippen molar-refractivity contribution >= 4 is 17.9 Å². The molecule has 2 aromatic rings. The third-order valence-electron chi connectivity index (χ3n) is 4.61. The molecule has 0 fully saturated rings. The van der Waals surface area contributed by atoms with E-state index in [1.54, 1.807) is 18.2 Å². The zero-order valence-electron chi connectivity index (χ0n) is 17.5. The maximum atomic E-state index is 12.3. The highest BCUT2D eigenvalue weighted by Gasteiger charge is 2.25. The Labute approximate surface area is 170 Å². The molecule has 0 radical (unpaired) electrons. The van der Waals surface area contributed by atoms with Gasteiger partial charge in [0.2, 0.25) is 11.6 Å². The molecule has 0 spiro atoms. The van der Waals surface area contributed by atoms with Gasteiger partial charge in [0.1, 0.15) is 0 Å². The number of esters is 1. The van der Waals surface area contributed by atoms with Crippen molar-refractivity contribution < 1.29 is 23.7 Å².